The van der Waals surface area contributed by atoms with Gasteiger partial charge in [0.25, 0.3) is 0 Å². The Labute approximate surface area is 280 Å². The van der Waals surface area contributed by atoms with Crippen LogP contribution in [0.4, 0.5) is 0 Å². The van der Waals surface area contributed by atoms with Gasteiger partial charge in [0.05, 0.1) is 30.8 Å². The standard InChI is InChI=1S/C31H51NO9.C4H8O2/c1-9-25-20(5)29-31(6,41-29)12-10-23(34)17(2)14-21(11-13-33)28(19(4)24(35)16-26(36)39-25)40-30-27(37)22(32(7)8)15-18(3)38-30;1-2-3-4(5)6/h10,12-13,17-22,24-25,27-30,35,37H,9,11,14-16H2,1-8H3;2-3H2,1H3,(H,5,6)/b12-10+;/t17-,18-,19+,20?,21+,22+,24-,25?,27-,28-,29?,30+,31+;/m1./s1. The molecule has 0 aromatic carbocycles. The van der Waals surface area contributed by atoms with Crippen molar-refractivity contribution in [2.45, 2.75) is 148 Å². The highest BCUT2D eigenvalue weighted by Gasteiger charge is 2.55. The molecular formula is C35H59NO11. The Morgan fingerprint density at radius 3 is 2.30 bits per heavy atom. The lowest BCUT2D eigenvalue weighted by molar-refractivity contribution is -0.283. The summed E-state index contributed by atoms with van der Waals surface area (Å²) in [6.07, 6.45) is 1.65. The summed E-state index contributed by atoms with van der Waals surface area (Å²) in [5.74, 6) is -3.03. The fraction of sp³-hybridized carbons (Fsp3) is 0.829. The minimum absolute atomic E-state index is 0.0707. The molecule has 47 heavy (non-hydrogen) atoms. The van der Waals surface area contributed by atoms with Crippen molar-refractivity contribution in [3.05, 3.63) is 12.2 Å². The minimum atomic E-state index is -1.15. The Hall–Kier alpha value is -2.22. The van der Waals surface area contributed by atoms with Crippen LogP contribution < -0.4 is 0 Å². The second kappa shape index (κ2) is 18.5. The number of aliphatic hydroxyl groups excluding tert-OH is 2. The number of aliphatic hydroxyl groups is 2. The molecule has 12 nitrogen and oxygen atoms in total. The Morgan fingerprint density at radius 1 is 1.11 bits per heavy atom. The van der Waals surface area contributed by atoms with E-state index in [0.29, 0.717) is 25.7 Å². The number of carbonyl (C=O) groups excluding carboxylic acids is 3. The Balaban J connectivity index is 0.00000117. The molecule has 2 fully saturated rings. The number of ether oxygens (including phenoxy) is 4. The zero-order valence-corrected chi connectivity index (χ0v) is 29.7. The second-order valence-electron chi connectivity index (χ2n) is 14.0. The fourth-order valence-corrected chi connectivity index (χ4v) is 6.71. The average molecular weight is 670 g/mol. The van der Waals surface area contributed by atoms with Gasteiger partial charge in [0.1, 0.15) is 24.1 Å². The van der Waals surface area contributed by atoms with Gasteiger partial charge in [-0.2, -0.15) is 0 Å². The van der Waals surface area contributed by atoms with E-state index in [-0.39, 0.29) is 42.8 Å². The number of fused-ring (bicyclic) bond motifs is 1. The van der Waals surface area contributed by atoms with Crippen LogP contribution in [0.2, 0.25) is 0 Å². The zero-order chi connectivity index (χ0) is 35.6. The van der Waals surface area contributed by atoms with Gasteiger partial charge in [-0.3, -0.25) is 14.4 Å². The maximum absolute atomic E-state index is 13.2. The van der Waals surface area contributed by atoms with Gasteiger partial charge in [0.2, 0.25) is 0 Å². The van der Waals surface area contributed by atoms with E-state index in [2.05, 4.69) is 0 Å². The fourth-order valence-electron chi connectivity index (χ4n) is 6.71. The summed E-state index contributed by atoms with van der Waals surface area (Å²) in [6.45, 7) is 13.1. The molecule has 3 unspecified atom stereocenters. The first kappa shape index (κ1) is 41.0. The van der Waals surface area contributed by atoms with Crippen molar-refractivity contribution in [3.63, 3.8) is 0 Å². The number of likely N-dealkylation sites (N-methyl/N-ethyl adjacent to an activating group) is 1. The molecule has 0 radical (unpaired) electrons. The number of nitrogens with zero attached hydrogens (tertiary/aromatic N) is 1. The zero-order valence-electron chi connectivity index (χ0n) is 29.7. The maximum atomic E-state index is 13.2. The number of hydrogen-bond acceptors (Lipinski definition) is 11. The van der Waals surface area contributed by atoms with E-state index in [4.69, 9.17) is 24.1 Å². The number of allylic oxidation sites excluding steroid dienone is 1. The van der Waals surface area contributed by atoms with E-state index >= 15 is 0 Å². The molecule has 0 bridgehead atoms. The number of rotatable bonds is 8. The topological polar surface area (TPSA) is 172 Å². The number of ketones is 1. The van der Waals surface area contributed by atoms with Crippen molar-refractivity contribution >= 4 is 24.0 Å². The lowest BCUT2D eigenvalue weighted by Gasteiger charge is -2.44. The molecule has 3 heterocycles. The van der Waals surface area contributed by atoms with Crippen LogP contribution in [0.5, 0.6) is 0 Å². The molecule has 270 valence electrons. The number of carbonyl (C=O) groups is 4. The molecule has 3 aliphatic rings. The Morgan fingerprint density at radius 2 is 1.77 bits per heavy atom. The molecule has 3 N–H and O–H groups in total. The first-order valence-electron chi connectivity index (χ1n) is 17.1. The van der Waals surface area contributed by atoms with Crippen molar-refractivity contribution in [2.75, 3.05) is 14.1 Å². The first-order valence-corrected chi connectivity index (χ1v) is 17.1. The number of hydrogen-bond donors (Lipinski definition) is 3. The van der Waals surface area contributed by atoms with Crippen LogP contribution in [0, 0.1) is 23.7 Å². The summed E-state index contributed by atoms with van der Waals surface area (Å²) in [5.41, 5.74) is -0.637. The third kappa shape index (κ3) is 11.7. The van der Waals surface area contributed by atoms with Crippen molar-refractivity contribution in [2.24, 2.45) is 23.7 Å². The summed E-state index contributed by atoms with van der Waals surface area (Å²) < 4.78 is 24.2. The molecule has 3 aliphatic heterocycles. The van der Waals surface area contributed by atoms with Gasteiger partial charge in [0.15, 0.2) is 12.1 Å². The highest BCUT2D eigenvalue weighted by molar-refractivity contribution is 5.91. The number of epoxide rings is 1. The van der Waals surface area contributed by atoms with Gasteiger partial charge in [-0.1, -0.05) is 34.6 Å². The van der Waals surface area contributed by atoms with Crippen LogP contribution in [0.3, 0.4) is 0 Å². The predicted molar refractivity (Wildman–Crippen MR) is 174 cm³/mol. The lowest BCUT2D eigenvalue weighted by Crippen LogP contribution is -2.56. The van der Waals surface area contributed by atoms with E-state index in [1.54, 1.807) is 19.1 Å². The number of aliphatic carboxylic acids is 1. The SMILES string of the molecule is CCC1OC(=O)C[C@@H](O)[C@H](C)[C@@H](O[C@@H]2O[C@H](C)C[C@H](N(C)C)[C@H]2O)[C@@H](CC=O)C[C@@H](C)C(=O)/C=C/[C@]2(C)OC2C1C.CCCC(=O)O. The summed E-state index contributed by atoms with van der Waals surface area (Å²) in [5, 5.41) is 30.3. The number of cyclic esters (lactones) is 1. The van der Waals surface area contributed by atoms with Crippen LogP contribution in [0.1, 0.15) is 93.4 Å². The largest absolute Gasteiger partial charge is 0.481 e. The van der Waals surface area contributed by atoms with Gasteiger partial charge in [0, 0.05) is 36.6 Å². The van der Waals surface area contributed by atoms with E-state index in [1.807, 2.05) is 60.5 Å². The monoisotopic (exact) mass is 669 g/mol. The van der Waals surface area contributed by atoms with Crippen molar-refractivity contribution in [3.8, 4) is 0 Å². The lowest BCUT2D eigenvalue weighted by atomic mass is 9.79. The van der Waals surface area contributed by atoms with Crippen molar-refractivity contribution in [1.29, 1.82) is 0 Å². The normalized spacial score (nSPS) is 40.8. The second-order valence-corrected chi connectivity index (χ2v) is 14.0. The molecule has 0 aromatic heterocycles. The molecule has 0 spiro atoms. The molecule has 0 aromatic rings. The molecular weight excluding hydrogens is 610 g/mol. The van der Waals surface area contributed by atoms with Gasteiger partial charge in [-0.05, 0) is 71.7 Å². The summed E-state index contributed by atoms with van der Waals surface area (Å²) in [6, 6.07) is -0.219. The molecule has 2 saturated heterocycles. The quantitative estimate of drug-likeness (QED) is 0.195. The van der Waals surface area contributed by atoms with Crippen LogP contribution in [0.15, 0.2) is 12.2 Å². The van der Waals surface area contributed by atoms with Crippen LogP contribution >= 0.6 is 0 Å². The van der Waals surface area contributed by atoms with Crippen molar-refractivity contribution in [1.82, 2.24) is 4.90 Å². The molecule has 13 atom stereocenters. The number of aldehydes is 1. The molecule has 0 amide bonds. The molecule has 0 saturated carbocycles. The minimum Gasteiger partial charge on any atom is -0.481 e. The van der Waals surface area contributed by atoms with Gasteiger partial charge >= 0.3 is 11.9 Å². The maximum Gasteiger partial charge on any atom is 0.308 e. The number of carboxylic acid groups (broad SMARTS) is 1. The number of esters is 1. The molecule has 0 aliphatic carbocycles. The predicted octanol–water partition coefficient (Wildman–Crippen LogP) is 3.54. The van der Waals surface area contributed by atoms with Gasteiger partial charge < -0.3 is 44.0 Å². The van der Waals surface area contributed by atoms with Gasteiger partial charge in [-0.25, -0.2) is 0 Å². The van der Waals surface area contributed by atoms with Gasteiger partial charge in [-0.15, -0.1) is 0 Å². The van der Waals surface area contributed by atoms with Crippen molar-refractivity contribution < 1.29 is 53.4 Å². The van der Waals surface area contributed by atoms with Crippen LogP contribution in [0.25, 0.3) is 0 Å². The third-order valence-electron chi connectivity index (χ3n) is 9.75. The van der Waals surface area contributed by atoms with E-state index in [1.165, 1.54) is 0 Å². The van der Waals surface area contributed by atoms with E-state index < -0.39 is 66.0 Å². The number of carboxylic acids is 1. The average Bonchev–Trinajstić information content (AvgIpc) is 3.68. The van der Waals surface area contributed by atoms with Crippen LogP contribution in [-0.4, -0.2) is 113 Å². The molecule has 12 heteroatoms. The molecule has 3 rings (SSSR count). The summed E-state index contributed by atoms with van der Waals surface area (Å²) in [4.78, 5) is 49.6. The smallest absolute Gasteiger partial charge is 0.308 e. The Bertz CT molecular complexity index is 1070. The van der Waals surface area contributed by atoms with E-state index in [0.717, 1.165) is 12.7 Å². The highest BCUT2D eigenvalue weighted by Crippen LogP contribution is 2.45. The Kier molecular flexibility index (Phi) is 16.1. The third-order valence-corrected chi connectivity index (χ3v) is 9.75. The summed E-state index contributed by atoms with van der Waals surface area (Å²) in [7, 11) is 3.76. The van der Waals surface area contributed by atoms with Crippen LogP contribution in [-0.2, 0) is 38.1 Å². The summed E-state index contributed by atoms with van der Waals surface area (Å²) >= 11 is 0. The highest BCUT2D eigenvalue weighted by atomic mass is 16.7. The van der Waals surface area contributed by atoms with E-state index in [9.17, 15) is 29.4 Å². The first-order chi connectivity index (χ1) is 22.0.